The van der Waals surface area contributed by atoms with Crippen molar-refractivity contribution in [1.82, 2.24) is 10.2 Å². The van der Waals surface area contributed by atoms with Crippen molar-refractivity contribution in [3.05, 3.63) is 65.7 Å². The Kier molecular flexibility index (Phi) is 5.98. The number of carbonyl (C=O) groups is 3. The second-order valence-corrected chi connectivity index (χ2v) is 6.46. The van der Waals surface area contributed by atoms with E-state index in [1.807, 2.05) is 11.0 Å². The molecular weight excluding hydrogens is 344 g/mol. The molecule has 1 aliphatic heterocycles. The molecule has 0 spiro atoms. The summed E-state index contributed by atoms with van der Waals surface area (Å²) in [6, 6.07) is 15.0. The van der Waals surface area contributed by atoms with E-state index in [2.05, 4.69) is 5.32 Å². The van der Waals surface area contributed by atoms with Crippen molar-refractivity contribution in [3.8, 4) is 5.75 Å². The second kappa shape index (κ2) is 8.60. The number of nitrogens with zero attached hydrogens (tertiary/aromatic N) is 1. The maximum atomic E-state index is 12.5. The summed E-state index contributed by atoms with van der Waals surface area (Å²) in [7, 11) is 1.57. The molecule has 2 amide bonds. The molecular formula is C21H22N2O4. The third-order valence-electron chi connectivity index (χ3n) is 4.70. The molecule has 6 nitrogen and oxygen atoms in total. The van der Waals surface area contributed by atoms with Crippen LogP contribution in [-0.4, -0.2) is 48.7 Å². The fraction of sp³-hybridized carbons (Fsp3) is 0.286. The Morgan fingerprint density at radius 3 is 2.41 bits per heavy atom. The summed E-state index contributed by atoms with van der Waals surface area (Å²) in [5.74, 6) is -0.158. The predicted molar refractivity (Wildman–Crippen MR) is 101 cm³/mol. The molecule has 1 heterocycles. The van der Waals surface area contributed by atoms with Gasteiger partial charge in [-0.2, -0.15) is 0 Å². The molecule has 140 valence electrons. The van der Waals surface area contributed by atoms with Gasteiger partial charge in [0.1, 0.15) is 5.75 Å². The zero-order chi connectivity index (χ0) is 19.2. The van der Waals surface area contributed by atoms with Crippen molar-refractivity contribution >= 4 is 17.6 Å². The molecule has 3 rings (SSSR count). The van der Waals surface area contributed by atoms with Gasteiger partial charge in [-0.25, -0.2) is 0 Å². The van der Waals surface area contributed by atoms with Gasteiger partial charge in [-0.3, -0.25) is 24.6 Å². The largest absolute Gasteiger partial charge is 0.497 e. The Labute approximate surface area is 158 Å². The highest BCUT2D eigenvalue weighted by Gasteiger charge is 2.33. The summed E-state index contributed by atoms with van der Waals surface area (Å²) in [5.41, 5.74) is 1.01. The van der Waals surface area contributed by atoms with Crippen LogP contribution in [0.3, 0.4) is 0 Å². The van der Waals surface area contributed by atoms with Gasteiger partial charge in [0.2, 0.25) is 5.91 Å². The summed E-state index contributed by atoms with van der Waals surface area (Å²) in [5, 5.41) is 2.45. The number of Topliss-reactive ketones (excluding diaryl/α,β-unsaturated/α-hetero) is 1. The fourth-order valence-corrected chi connectivity index (χ4v) is 3.22. The highest BCUT2D eigenvalue weighted by molar-refractivity contribution is 6.06. The van der Waals surface area contributed by atoms with Gasteiger partial charge < -0.3 is 4.74 Å². The van der Waals surface area contributed by atoms with Crippen molar-refractivity contribution in [2.75, 3.05) is 20.2 Å². The molecule has 1 saturated heterocycles. The number of likely N-dealkylation sites (tertiary alicyclic amines) is 1. The van der Waals surface area contributed by atoms with Gasteiger partial charge in [0.25, 0.3) is 5.91 Å². The monoisotopic (exact) mass is 366 g/mol. The van der Waals surface area contributed by atoms with E-state index in [1.54, 1.807) is 55.6 Å². The zero-order valence-electron chi connectivity index (χ0n) is 15.2. The third kappa shape index (κ3) is 4.60. The van der Waals surface area contributed by atoms with Gasteiger partial charge in [-0.15, -0.1) is 0 Å². The van der Waals surface area contributed by atoms with E-state index >= 15 is 0 Å². The molecule has 1 aliphatic rings. The zero-order valence-corrected chi connectivity index (χ0v) is 15.2. The number of amides is 2. The van der Waals surface area contributed by atoms with E-state index in [4.69, 9.17) is 4.74 Å². The first kappa shape index (κ1) is 18.8. The average molecular weight is 366 g/mol. The predicted octanol–water partition coefficient (Wildman–Crippen LogP) is 2.30. The minimum atomic E-state index is -0.472. The summed E-state index contributed by atoms with van der Waals surface area (Å²) in [4.78, 5) is 39.1. The van der Waals surface area contributed by atoms with Gasteiger partial charge in [0, 0.05) is 11.1 Å². The van der Waals surface area contributed by atoms with E-state index in [-0.39, 0.29) is 18.2 Å². The van der Waals surface area contributed by atoms with E-state index in [9.17, 15) is 14.4 Å². The van der Waals surface area contributed by atoms with Crippen LogP contribution in [0.15, 0.2) is 54.6 Å². The van der Waals surface area contributed by atoms with E-state index in [0.29, 0.717) is 29.8 Å². The maximum absolute atomic E-state index is 12.5. The van der Waals surface area contributed by atoms with Crippen LogP contribution in [0.2, 0.25) is 0 Å². The molecule has 0 aliphatic carbocycles. The Balaban J connectivity index is 1.61. The normalized spacial score (nSPS) is 16.7. The lowest BCUT2D eigenvalue weighted by Gasteiger charge is -2.22. The van der Waals surface area contributed by atoms with Crippen LogP contribution in [0, 0.1) is 0 Å². The maximum Gasteiger partial charge on any atom is 0.257 e. The molecule has 0 radical (unpaired) electrons. The molecule has 2 aromatic carbocycles. The summed E-state index contributed by atoms with van der Waals surface area (Å²) in [6.07, 6.45) is 1.44. The third-order valence-corrected chi connectivity index (χ3v) is 4.70. The summed E-state index contributed by atoms with van der Waals surface area (Å²) < 4.78 is 5.10. The number of ether oxygens (including phenoxy) is 1. The summed E-state index contributed by atoms with van der Waals surface area (Å²) in [6.45, 7) is 0.795. The first-order chi connectivity index (χ1) is 13.1. The molecule has 2 aromatic rings. The van der Waals surface area contributed by atoms with Crippen LogP contribution >= 0.6 is 0 Å². The van der Waals surface area contributed by atoms with Gasteiger partial charge in [-0.05, 0) is 55.8 Å². The number of nitrogens with one attached hydrogen (secondary N) is 1. The smallest absolute Gasteiger partial charge is 0.257 e. The standard InChI is InChI=1S/C21H22N2O4/c1-27-17-11-9-15(10-12-17)19(24)14-23-13-5-8-18(23)21(26)22-20(25)16-6-3-2-4-7-16/h2-4,6-7,9-12,18H,5,8,13-14H2,1H3,(H,22,25,26)/t18-/m1/s1. The number of carbonyl (C=O) groups excluding carboxylic acids is 3. The molecule has 27 heavy (non-hydrogen) atoms. The van der Waals surface area contributed by atoms with E-state index in [1.165, 1.54) is 0 Å². The van der Waals surface area contributed by atoms with Crippen molar-refractivity contribution in [2.24, 2.45) is 0 Å². The van der Waals surface area contributed by atoms with Crippen molar-refractivity contribution < 1.29 is 19.1 Å². The van der Waals surface area contributed by atoms with E-state index < -0.39 is 11.9 Å². The lowest BCUT2D eigenvalue weighted by molar-refractivity contribution is -0.124. The Bertz CT molecular complexity index is 818. The van der Waals surface area contributed by atoms with Crippen LogP contribution in [0.5, 0.6) is 5.75 Å². The molecule has 1 fully saturated rings. The van der Waals surface area contributed by atoms with Crippen LogP contribution in [0.1, 0.15) is 33.6 Å². The highest BCUT2D eigenvalue weighted by atomic mass is 16.5. The lowest BCUT2D eigenvalue weighted by Crippen LogP contribution is -2.46. The van der Waals surface area contributed by atoms with Gasteiger partial charge >= 0.3 is 0 Å². The SMILES string of the molecule is COc1ccc(C(=O)CN2CCC[C@@H]2C(=O)NC(=O)c2ccccc2)cc1. The van der Waals surface area contributed by atoms with Crippen LogP contribution in [0.25, 0.3) is 0 Å². The number of methoxy groups -OCH3 is 1. The molecule has 1 atom stereocenters. The molecule has 1 N–H and O–H groups in total. The minimum absolute atomic E-state index is 0.0632. The summed E-state index contributed by atoms with van der Waals surface area (Å²) >= 11 is 0. The number of hydrogen-bond donors (Lipinski definition) is 1. The topological polar surface area (TPSA) is 75.7 Å². The molecule has 0 unspecified atom stereocenters. The van der Waals surface area contributed by atoms with Crippen LogP contribution in [0.4, 0.5) is 0 Å². The van der Waals surface area contributed by atoms with Gasteiger partial charge in [0.05, 0.1) is 19.7 Å². The Hall–Kier alpha value is -2.99. The lowest BCUT2D eigenvalue weighted by atomic mass is 10.1. The number of imide groups is 1. The Morgan fingerprint density at radius 2 is 1.74 bits per heavy atom. The van der Waals surface area contributed by atoms with E-state index in [0.717, 1.165) is 6.42 Å². The quantitative estimate of drug-likeness (QED) is 0.627. The fourth-order valence-electron chi connectivity index (χ4n) is 3.22. The molecule has 0 aromatic heterocycles. The van der Waals surface area contributed by atoms with Gasteiger partial charge in [0.15, 0.2) is 5.78 Å². The Morgan fingerprint density at radius 1 is 1.04 bits per heavy atom. The van der Waals surface area contributed by atoms with Crippen LogP contribution < -0.4 is 10.1 Å². The first-order valence-electron chi connectivity index (χ1n) is 8.90. The molecule has 6 heteroatoms. The van der Waals surface area contributed by atoms with Crippen LogP contribution in [-0.2, 0) is 4.79 Å². The van der Waals surface area contributed by atoms with Crippen molar-refractivity contribution in [2.45, 2.75) is 18.9 Å². The van der Waals surface area contributed by atoms with Crippen molar-refractivity contribution in [3.63, 3.8) is 0 Å². The highest BCUT2D eigenvalue weighted by Crippen LogP contribution is 2.19. The van der Waals surface area contributed by atoms with Crippen molar-refractivity contribution in [1.29, 1.82) is 0 Å². The molecule has 0 bridgehead atoms. The molecule has 0 saturated carbocycles. The number of hydrogen-bond acceptors (Lipinski definition) is 5. The second-order valence-electron chi connectivity index (χ2n) is 6.46. The number of benzene rings is 2. The number of ketones is 1. The number of rotatable bonds is 6. The minimum Gasteiger partial charge on any atom is -0.497 e. The average Bonchev–Trinajstić information content (AvgIpc) is 3.17. The van der Waals surface area contributed by atoms with Gasteiger partial charge in [-0.1, -0.05) is 18.2 Å². The first-order valence-corrected chi connectivity index (χ1v) is 8.90.